The molecule has 0 radical (unpaired) electrons. The maximum absolute atomic E-state index is 5.97. The van der Waals surface area contributed by atoms with Crippen LogP contribution in [0.3, 0.4) is 0 Å². The molecule has 0 saturated heterocycles. The fourth-order valence-electron chi connectivity index (χ4n) is 1.35. The summed E-state index contributed by atoms with van der Waals surface area (Å²) in [5.41, 5.74) is 7.17. The quantitative estimate of drug-likeness (QED) is 0.775. The second kappa shape index (κ2) is 4.47. The van der Waals surface area contributed by atoms with E-state index in [9.17, 15) is 0 Å². The van der Waals surface area contributed by atoms with Gasteiger partial charge in [-0.25, -0.2) is 0 Å². The number of aryl methyl sites for hydroxylation is 2. The summed E-state index contributed by atoms with van der Waals surface area (Å²) in [6, 6.07) is 2.13. The first-order valence-corrected chi connectivity index (χ1v) is 4.97. The van der Waals surface area contributed by atoms with E-state index in [1.54, 1.807) is 0 Å². The van der Waals surface area contributed by atoms with Crippen molar-refractivity contribution >= 4 is 0 Å². The van der Waals surface area contributed by atoms with Crippen LogP contribution in [0.5, 0.6) is 0 Å². The zero-order valence-corrected chi connectivity index (χ0v) is 8.76. The van der Waals surface area contributed by atoms with Gasteiger partial charge in [-0.15, -0.1) is 0 Å². The SMILES string of the molecule is CCCCC(N)c1cc(C)c(C)o1. The van der Waals surface area contributed by atoms with Gasteiger partial charge in [0.25, 0.3) is 0 Å². The largest absolute Gasteiger partial charge is 0.464 e. The molecule has 1 aromatic heterocycles. The summed E-state index contributed by atoms with van der Waals surface area (Å²) in [4.78, 5) is 0. The van der Waals surface area contributed by atoms with Crippen LogP contribution in [0.15, 0.2) is 10.5 Å². The van der Waals surface area contributed by atoms with E-state index in [1.807, 2.05) is 6.92 Å². The van der Waals surface area contributed by atoms with Gasteiger partial charge >= 0.3 is 0 Å². The molecule has 0 spiro atoms. The molecule has 1 rings (SSSR count). The average Bonchev–Trinajstić information content (AvgIpc) is 2.43. The lowest BCUT2D eigenvalue weighted by Gasteiger charge is -2.06. The van der Waals surface area contributed by atoms with Gasteiger partial charge in [0, 0.05) is 0 Å². The van der Waals surface area contributed by atoms with Crippen molar-refractivity contribution in [2.45, 2.75) is 46.1 Å². The first-order valence-electron chi connectivity index (χ1n) is 4.97. The van der Waals surface area contributed by atoms with E-state index in [1.165, 1.54) is 18.4 Å². The highest BCUT2D eigenvalue weighted by molar-refractivity contribution is 5.20. The number of furan rings is 1. The predicted molar refractivity (Wildman–Crippen MR) is 54.6 cm³/mol. The van der Waals surface area contributed by atoms with Crippen LogP contribution in [-0.2, 0) is 0 Å². The van der Waals surface area contributed by atoms with Gasteiger partial charge in [0.1, 0.15) is 11.5 Å². The number of unbranched alkanes of at least 4 members (excludes halogenated alkanes) is 1. The normalized spacial score (nSPS) is 13.2. The average molecular weight is 181 g/mol. The first kappa shape index (κ1) is 10.3. The number of nitrogens with two attached hydrogens (primary N) is 1. The minimum absolute atomic E-state index is 0.0762. The topological polar surface area (TPSA) is 39.2 Å². The summed E-state index contributed by atoms with van der Waals surface area (Å²) < 4.78 is 5.55. The monoisotopic (exact) mass is 181 g/mol. The molecule has 0 aromatic carbocycles. The molecule has 2 heteroatoms. The number of hydrogen-bond acceptors (Lipinski definition) is 2. The van der Waals surface area contributed by atoms with Gasteiger partial charge < -0.3 is 10.2 Å². The zero-order chi connectivity index (χ0) is 9.84. The summed E-state index contributed by atoms with van der Waals surface area (Å²) in [6.45, 7) is 6.20. The number of rotatable bonds is 4. The van der Waals surface area contributed by atoms with Gasteiger partial charge in [0.05, 0.1) is 6.04 Å². The third-order valence-electron chi connectivity index (χ3n) is 2.42. The van der Waals surface area contributed by atoms with E-state index < -0.39 is 0 Å². The molecular formula is C11H19NO. The molecule has 0 saturated carbocycles. The molecule has 0 fully saturated rings. The predicted octanol–water partition coefficient (Wildman–Crippen LogP) is 3.09. The Labute approximate surface area is 80.1 Å². The zero-order valence-electron chi connectivity index (χ0n) is 8.76. The van der Waals surface area contributed by atoms with Crippen LogP contribution in [-0.4, -0.2) is 0 Å². The van der Waals surface area contributed by atoms with Gasteiger partial charge in [0.15, 0.2) is 0 Å². The fourth-order valence-corrected chi connectivity index (χ4v) is 1.35. The number of hydrogen-bond donors (Lipinski definition) is 1. The highest BCUT2D eigenvalue weighted by Crippen LogP contribution is 2.21. The van der Waals surface area contributed by atoms with E-state index in [2.05, 4.69) is 19.9 Å². The highest BCUT2D eigenvalue weighted by atomic mass is 16.3. The third kappa shape index (κ3) is 2.59. The molecule has 2 N–H and O–H groups in total. The Hall–Kier alpha value is -0.760. The summed E-state index contributed by atoms with van der Waals surface area (Å²) in [6.07, 6.45) is 3.37. The summed E-state index contributed by atoms with van der Waals surface area (Å²) in [7, 11) is 0. The lowest BCUT2D eigenvalue weighted by Crippen LogP contribution is -2.08. The van der Waals surface area contributed by atoms with Crippen molar-refractivity contribution < 1.29 is 4.42 Å². The van der Waals surface area contributed by atoms with Crippen molar-refractivity contribution in [3.8, 4) is 0 Å². The maximum Gasteiger partial charge on any atom is 0.121 e. The molecule has 13 heavy (non-hydrogen) atoms. The summed E-state index contributed by atoms with van der Waals surface area (Å²) in [5, 5.41) is 0. The second-order valence-electron chi connectivity index (χ2n) is 3.64. The smallest absolute Gasteiger partial charge is 0.121 e. The van der Waals surface area contributed by atoms with Crippen molar-refractivity contribution in [3.05, 3.63) is 23.2 Å². The molecule has 1 aromatic rings. The Morgan fingerprint density at radius 3 is 2.62 bits per heavy atom. The lowest BCUT2D eigenvalue weighted by atomic mass is 10.1. The molecule has 0 aliphatic carbocycles. The van der Waals surface area contributed by atoms with E-state index in [0.717, 1.165) is 17.9 Å². The van der Waals surface area contributed by atoms with Gasteiger partial charge in [0.2, 0.25) is 0 Å². The lowest BCUT2D eigenvalue weighted by molar-refractivity contribution is 0.427. The molecule has 1 heterocycles. The van der Waals surface area contributed by atoms with Crippen LogP contribution in [0.25, 0.3) is 0 Å². The molecule has 0 amide bonds. The van der Waals surface area contributed by atoms with Crippen molar-refractivity contribution in [1.29, 1.82) is 0 Å². The van der Waals surface area contributed by atoms with Crippen LogP contribution in [0.2, 0.25) is 0 Å². The van der Waals surface area contributed by atoms with Gasteiger partial charge in [-0.2, -0.15) is 0 Å². The Morgan fingerprint density at radius 2 is 2.15 bits per heavy atom. The molecule has 1 unspecified atom stereocenters. The van der Waals surface area contributed by atoms with Gasteiger partial charge in [-0.05, 0) is 31.9 Å². The Bertz CT molecular complexity index is 246. The molecule has 74 valence electrons. The van der Waals surface area contributed by atoms with Crippen LogP contribution in [0, 0.1) is 13.8 Å². The summed E-state index contributed by atoms with van der Waals surface area (Å²) in [5.74, 6) is 1.92. The minimum Gasteiger partial charge on any atom is -0.464 e. The molecular weight excluding hydrogens is 162 g/mol. The molecule has 2 nitrogen and oxygen atoms in total. The Kier molecular flexibility index (Phi) is 3.55. The van der Waals surface area contributed by atoms with E-state index in [0.29, 0.717) is 0 Å². The summed E-state index contributed by atoms with van der Waals surface area (Å²) >= 11 is 0. The van der Waals surface area contributed by atoms with Gasteiger partial charge in [-0.3, -0.25) is 0 Å². The van der Waals surface area contributed by atoms with Crippen molar-refractivity contribution in [3.63, 3.8) is 0 Å². The molecule has 0 aliphatic heterocycles. The van der Waals surface area contributed by atoms with Crippen LogP contribution in [0.1, 0.15) is 49.3 Å². The van der Waals surface area contributed by atoms with E-state index in [4.69, 9.17) is 10.2 Å². The maximum atomic E-state index is 5.97. The van der Waals surface area contributed by atoms with E-state index in [-0.39, 0.29) is 6.04 Å². The van der Waals surface area contributed by atoms with Crippen LogP contribution < -0.4 is 5.73 Å². The molecule has 1 atom stereocenters. The fraction of sp³-hybridized carbons (Fsp3) is 0.636. The first-order chi connectivity index (χ1) is 6.15. The van der Waals surface area contributed by atoms with Crippen LogP contribution >= 0.6 is 0 Å². The van der Waals surface area contributed by atoms with Crippen molar-refractivity contribution in [2.24, 2.45) is 5.73 Å². The van der Waals surface area contributed by atoms with E-state index >= 15 is 0 Å². The van der Waals surface area contributed by atoms with Crippen LogP contribution in [0.4, 0.5) is 0 Å². The van der Waals surface area contributed by atoms with Crippen molar-refractivity contribution in [2.75, 3.05) is 0 Å². The second-order valence-corrected chi connectivity index (χ2v) is 3.64. The Balaban J connectivity index is 2.60. The molecule has 0 aliphatic rings. The highest BCUT2D eigenvalue weighted by Gasteiger charge is 2.11. The minimum atomic E-state index is 0.0762. The standard InChI is InChI=1S/C11H19NO/c1-4-5-6-10(12)11-7-8(2)9(3)13-11/h7,10H,4-6,12H2,1-3H3. The Morgan fingerprint density at radius 1 is 1.46 bits per heavy atom. The van der Waals surface area contributed by atoms with Crippen molar-refractivity contribution in [1.82, 2.24) is 0 Å². The molecule has 0 bridgehead atoms. The van der Waals surface area contributed by atoms with Gasteiger partial charge in [-0.1, -0.05) is 19.8 Å². The third-order valence-corrected chi connectivity index (χ3v) is 2.42.